The molecule has 0 bridgehead atoms. The Morgan fingerprint density at radius 2 is 1.68 bits per heavy atom. The Kier molecular flexibility index (Phi) is 11.9. The summed E-state index contributed by atoms with van der Waals surface area (Å²) in [4.78, 5) is 63.6. The van der Waals surface area contributed by atoms with Gasteiger partial charge in [-0.2, -0.15) is 5.10 Å². The number of imide groups is 1. The first-order chi connectivity index (χ1) is 25.6. The molecule has 1 atom stereocenters. The summed E-state index contributed by atoms with van der Waals surface area (Å²) in [5, 5.41) is 12.9. The van der Waals surface area contributed by atoms with Crippen molar-refractivity contribution in [1.29, 1.82) is 0 Å². The maximum atomic E-state index is 12.9. The van der Waals surface area contributed by atoms with Crippen molar-refractivity contribution in [2.75, 3.05) is 33.9 Å². The third-order valence-electron chi connectivity index (χ3n) is 10.6. The molecular weight excluding hydrogens is 676 g/mol. The average molecular weight is 725 g/mol. The van der Waals surface area contributed by atoms with Crippen LogP contribution in [0.2, 0.25) is 0 Å². The molecule has 0 aliphatic carbocycles. The number of aromatic nitrogens is 3. The van der Waals surface area contributed by atoms with Crippen molar-refractivity contribution < 1.29 is 28.7 Å². The van der Waals surface area contributed by atoms with Gasteiger partial charge in [-0.1, -0.05) is 24.3 Å². The molecule has 2 fully saturated rings. The van der Waals surface area contributed by atoms with E-state index in [0.717, 1.165) is 35.1 Å². The minimum Gasteiger partial charge on any atom is -0.496 e. The molecule has 1 unspecified atom stereocenters. The van der Waals surface area contributed by atoms with Crippen LogP contribution in [0.25, 0.3) is 22.0 Å². The zero-order chi connectivity index (χ0) is 37.5. The van der Waals surface area contributed by atoms with Gasteiger partial charge in [-0.3, -0.25) is 34.4 Å². The summed E-state index contributed by atoms with van der Waals surface area (Å²) in [7, 11) is 4.89. The number of H-pyrrole nitrogens is 1. The van der Waals surface area contributed by atoms with Gasteiger partial charge in [-0.15, -0.1) is 0 Å². The zero-order valence-corrected chi connectivity index (χ0v) is 30.7. The highest BCUT2D eigenvalue weighted by Crippen LogP contribution is 2.38. The number of nitrogens with zero attached hydrogens (tertiary/aromatic N) is 3. The summed E-state index contributed by atoms with van der Waals surface area (Å²) in [6.07, 6.45) is 9.25. The first-order valence-corrected chi connectivity index (χ1v) is 18.4. The molecule has 53 heavy (non-hydrogen) atoms. The van der Waals surface area contributed by atoms with E-state index in [1.54, 1.807) is 33.7 Å². The van der Waals surface area contributed by atoms with E-state index in [4.69, 9.17) is 9.47 Å². The lowest BCUT2D eigenvalue weighted by Crippen LogP contribution is -2.41. The molecule has 280 valence electrons. The van der Waals surface area contributed by atoms with Gasteiger partial charge in [-0.05, 0) is 79.7 Å². The van der Waals surface area contributed by atoms with Gasteiger partial charge in [0, 0.05) is 74.6 Å². The molecule has 2 aliphatic heterocycles. The van der Waals surface area contributed by atoms with Crippen molar-refractivity contribution >= 4 is 34.5 Å². The van der Waals surface area contributed by atoms with Crippen molar-refractivity contribution in [2.45, 2.75) is 70.1 Å². The van der Waals surface area contributed by atoms with Crippen molar-refractivity contribution in [3.63, 3.8) is 0 Å². The Balaban J connectivity index is 0.909. The number of hydrogen-bond acceptors (Lipinski definition) is 8. The van der Waals surface area contributed by atoms with E-state index in [1.807, 2.05) is 17.0 Å². The number of carbonyl (C=O) groups excluding carboxylic acids is 4. The largest absolute Gasteiger partial charge is 0.496 e. The standard InChI is InChI=1S/C40H48N6O7/c1-45-24-32(31-23-42-44-38(31)40(45)51)29-21-33(52-2)30(34(22-29)53-3)6-4-7-35(47)41-17-5-8-37(49)46-18-15-27(16-19-46)26-11-9-25(10-12-26)20-28-13-14-36(48)43-39(28)50/h9-12,21-24,27-28H,4-8,13-20H2,1-3H3,(H,41,47)(H,42,44)(H,43,48,50). The monoisotopic (exact) mass is 724 g/mol. The van der Waals surface area contributed by atoms with Crippen LogP contribution in [0.4, 0.5) is 0 Å². The van der Waals surface area contributed by atoms with Crippen LogP contribution in [0.15, 0.2) is 53.6 Å². The van der Waals surface area contributed by atoms with E-state index in [1.165, 1.54) is 10.1 Å². The molecule has 2 saturated heterocycles. The third-order valence-corrected chi connectivity index (χ3v) is 10.6. The van der Waals surface area contributed by atoms with Crippen molar-refractivity contribution in [3.05, 3.63) is 75.8 Å². The number of benzene rings is 2. The van der Waals surface area contributed by atoms with Gasteiger partial charge in [0.15, 0.2) is 0 Å². The van der Waals surface area contributed by atoms with Crippen molar-refractivity contribution in [2.24, 2.45) is 13.0 Å². The highest BCUT2D eigenvalue weighted by Gasteiger charge is 2.27. The van der Waals surface area contributed by atoms with Gasteiger partial charge < -0.3 is 24.3 Å². The van der Waals surface area contributed by atoms with Crippen molar-refractivity contribution in [1.82, 2.24) is 30.3 Å². The lowest BCUT2D eigenvalue weighted by Gasteiger charge is -2.32. The Morgan fingerprint density at radius 3 is 2.36 bits per heavy atom. The van der Waals surface area contributed by atoms with Crippen LogP contribution in [0, 0.1) is 5.92 Å². The number of ether oxygens (including phenoxy) is 2. The molecule has 13 heteroatoms. The molecule has 3 N–H and O–H groups in total. The lowest BCUT2D eigenvalue weighted by molar-refractivity contribution is -0.136. The molecule has 0 radical (unpaired) electrons. The summed E-state index contributed by atoms with van der Waals surface area (Å²) in [6.45, 7) is 1.86. The highest BCUT2D eigenvalue weighted by molar-refractivity contribution is 5.98. The van der Waals surface area contributed by atoms with Crippen LogP contribution in [0.1, 0.15) is 74.0 Å². The summed E-state index contributed by atoms with van der Waals surface area (Å²) in [6, 6.07) is 12.2. The second kappa shape index (κ2) is 16.9. The molecule has 2 aromatic heterocycles. The number of rotatable bonds is 14. The molecule has 4 heterocycles. The molecule has 13 nitrogen and oxygen atoms in total. The van der Waals surface area contributed by atoms with Crippen LogP contribution in [0.3, 0.4) is 0 Å². The fourth-order valence-electron chi connectivity index (χ4n) is 7.51. The number of aromatic amines is 1. The maximum Gasteiger partial charge on any atom is 0.276 e. The number of pyridine rings is 1. The number of likely N-dealkylation sites (tertiary alicyclic amines) is 1. The lowest BCUT2D eigenvalue weighted by atomic mass is 9.87. The molecular formula is C40H48N6O7. The minimum absolute atomic E-state index is 0.0662. The molecule has 4 aromatic rings. The first-order valence-electron chi connectivity index (χ1n) is 18.4. The van der Waals surface area contributed by atoms with E-state index in [9.17, 15) is 24.0 Å². The quantitative estimate of drug-likeness (QED) is 0.129. The topological polar surface area (TPSA) is 165 Å². The summed E-state index contributed by atoms with van der Waals surface area (Å²) < 4.78 is 13.0. The number of piperidine rings is 2. The van der Waals surface area contributed by atoms with E-state index < -0.39 is 0 Å². The Morgan fingerprint density at radius 1 is 0.962 bits per heavy atom. The number of fused-ring (bicyclic) bond motifs is 1. The van der Waals surface area contributed by atoms with Crippen LogP contribution in [-0.4, -0.2) is 77.1 Å². The second-order valence-corrected chi connectivity index (χ2v) is 14.0. The fraction of sp³-hybridized carbons (Fsp3) is 0.450. The highest BCUT2D eigenvalue weighted by atomic mass is 16.5. The number of aryl methyl sites for hydroxylation is 1. The third kappa shape index (κ3) is 8.78. The summed E-state index contributed by atoms with van der Waals surface area (Å²) in [5.41, 5.74) is 5.08. The molecule has 2 aromatic carbocycles. The van der Waals surface area contributed by atoms with Gasteiger partial charge in [0.1, 0.15) is 17.0 Å². The summed E-state index contributed by atoms with van der Waals surface area (Å²) in [5.74, 6) is 1.16. The smallest absolute Gasteiger partial charge is 0.276 e. The number of hydrogen-bond donors (Lipinski definition) is 3. The molecule has 4 amide bonds. The average Bonchev–Trinajstić information content (AvgIpc) is 3.67. The van der Waals surface area contributed by atoms with Gasteiger partial charge in [0.05, 0.1) is 20.4 Å². The number of nitrogens with one attached hydrogen (secondary N) is 3. The fourth-order valence-corrected chi connectivity index (χ4v) is 7.51. The normalized spacial score (nSPS) is 16.4. The molecule has 6 rings (SSSR count). The van der Waals surface area contributed by atoms with Gasteiger partial charge in [0.2, 0.25) is 23.6 Å². The Hall–Kier alpha value is -5.46. The maximum absolute atomic E-state index is 12.9. The first kappa shape index (κ1) is 37.3. The molecule has 0 spiro atoms. The van der Waals surface area contributed by atoms with Crippen LogP contribution >= 0.6 is 0 Å². The predicted molar refractivity (Wildman–Crippen MR) is 200 cm³/mol. The number of carbonyl (C=O) groups is 4. The number of amides is 4. The van der Waals surface area contributed by atoms with Gasteiger partial charge in [0.25, 0.3) is 5.56 Å². The van der Waals surface area contributed by atoms with Gasteiger partial charge >= 0.3 is 0 Å². The zero-order valence-electron chi connectivity index (χ0n) is 30.7. The summed E-state index contributed by atoms with van der Waals surface area (Å²) >= 11 is 0. The van der Waals surface area contributed by atoms with E-state index >= 15 is 0 Å². The van der Waals surface area contributed by atoms with E-state index in [-0.39, 0.29) is 35.1 Å². The second-order valence-electron chi connectivity index (χ2n) is 14.0. The predicted octanol–water partition coefficient (Wildman–Crippen LogP) is 4.17. The van der Waals surface area contributed by atoms with E-state index in [0.29, 0.717) is 99.3 Å². The van der Waals surface area contributed by atoms with Crippen LogP contribution in [-0.2, 0) is 39.1 Å². The van der Waals surface area contributed by atoms with Crippen LogP contribution < -0.4 is 25.7 Å². The minimum atomic E-state index is -0.192. The van der Waals surface area contributed by atoms with Gasteiger partial charge in [-0.25, -0.2) is 0 Å². The molecule has 0 saturated carbocycles. The van der Waals surface area contributed by atoms with Crippen molar-refractivity contribution in [3.8, 4) is 22.6 Å². The number of methoxy groups -OCH3 is 2. The Bertz CT molecular complexity index is 2000. The van der Waals surface area contributed by atoms with E-state index in [2.05, 4.69) is 45.1 Å². The Labute approximate surface area is 308 Å². The molecule has 2 aliphatic rings. The SMILES string of the molecule is COc1cc(-c2cn(C)c(=O)c3[nH]ncc23)cc(OC)c1CCCC(=O)NCCCC(=O)N1CCC(c2ccc(CC3CCC(=O)NC3=O)cc2)CC1. The van der Waals surface area contributed by atoms with Crippen LogP contribution in [0.5, 0.6) is 11.5 Å².